The van der Waals surface area contributed by atoms with Crippen LogP contribution in [0.5, 0.6) is 5.75 Å². The molecule has 9 heteroatoms. The molecule has 3 aromatic carbocycles. The van der Waals surface area contributed by atoms with Crippen LogP contribution in [-0.4, -0.2) is 39.1 Å². The Bertz CT molecular complexity index is 1620. The van der Waals surface area contributed by atoms with E-state index in [-0.39, 0.29) is 16.8 Å². The maximum atomic E-state index is 15.4. The second-order valence-corrected chi connectivity index (χ2v) is 9.62. The van der Waals surface area contributed by atoms with Crippen LogP contribution >= 0.6 is 0 Å². The van der Waals surface area contributed by atoms with Gasteiger partial charge in [0.05, 0.1) is 23.8 Å². The van der Waals surface area contributed by atoms with Gasteiger partial charge in [-0.15, -0.1) is 0 Å². The Kier molecular flexibility index (Phi) is 6.26. The molecule has 1 aromatic heterocycles. The summed E-state index contributed by atoms with van der Waals surface area (Å²) < 4.78 is 36.8. The largest absolute Gasteiger partial charge is 0.416 e. The Morgan fingerprint density at radius 2 is 1.67 bits per heavy atom. The fraction of sp³-hybridized carbons (Fsp3) is 0.200. The van der Waals surface area contributed by atoms with Gasteiger partial charge in [-0.25, -0.2) is 18.3 Å². The van der Waals surface area contributed by atoms with E-state index in [9.17, 15) is 18.8 Å². The zero-order valence-electron chi connectivity index (χ0n) is 20.7. The predicted octanol–water partition coefficient (Wildman–Crippen LogP) is 4.73. The van der Waals surface area contributed by atoms with Crippen LogP contribution in [0.2, 0.25) is 0 Å². The third-order valence-corrected chi connectivity index (χ3v) is 7.43. The summed E-state index contributed by atoms with van der Waals surface area (Å²) in [5.41, 5.74) is 0.0654. The number of carbonyl (C=O) groups excluding carboxylic acids is 2. The van der Waals surface area contributed by atoms with Crippen LogP contribution in [0.4, 0.5) is 8.78 Å². The van der Waals surface area contributed by atoms with Gasteiger partial charge in [0.1, 0.15) is 0 Å². The third kappa shape index (κ3) is 4.20. The second kappa shape index (κ2) is 9.90. The van der Waals surface area contributed by atoms with E-state index in [1.807, 2.05) is 18.2 Å². The minimum absolute atomic E-state index is 0.0988. The molecule has 0 unspecified atom stereocenters. The molecule has 1 saturated heterocycles. The molecular weight excluding hydrogens is 504 g/mol. The maximum Gasteiger partial charge on any atom is 0.343 e. The normalized spacial score (nSPS) is 18.8. The highest BCUT2D eigenvalue weighted by Gasteiger charge is 2.49. The Morgan fingerprint density at radius 1 is 0.949 bits per heavy atom. The molecule has 7 nitrogen and oxygen atoms in total. The summed E-state index contributed by atoms with van der Waals surface area (Å²) in [7, 11) is 0. The van der Waals surface area contributed by atoms with Crippen LogP contribution in [0.25, 0.3) is 0 Å². The van der Waals surface area contributed by atoms with Crippen LogP contribution in [0, 0.1) is 11.6 Å². The van der Waals surface area contributed by atoms with Crippen LogP contribution in [0.1, 0.15) is 56.8 Å². The lowest BCUT2D eigenvalue weighted by atomic mass is 9.79. The number of benzene rings is 3. The van der Waals surface area contributed by atoms with Crippen molar-refractivity contribution in [3.05, 3.63) is 129 Å². The fourth-order valence-corrected chi connectivity index (χ4v) is 5.74. The molecule has 39 heavy (non-hydrogen) atoms. The molecule has 196 valence electrons. The highest BCUT2D eigenvalue weighted by Crippen LogP contribution is 2.46. The summed E-state index contributed by atoms with van der Waals surface area (Å²) in [5, 5.41) is 4.32. The molecule has 1 fully saturated rings. The van der Waals surface area contributed by atoms with Crippen molar-refractivity contribution in [3.8, 4) is 5.75 Å². The van der Waals surface area contributed by atoms with E-state index in [1.54, 1.807) is 35.2 Å². The van der Waals surface area contributed by atoms with E-state index in [2.05, 4.69) is 5.10 Å². The molecule has 3 heterocycles. The van der Waals surface area contributed by atoms with Crippen molar-refractivity contribution in [2.24, 2.45) is 0 Å². The molecule has 1 amide bonds. The minimum Gasteiger partial charge on any atom is -0.416 e. The van der Waals surface area contributed by atoms with Crippen LogP contribution in [-0.2, 0) is 0 Å². The van der Waals surface area contributed by atoms with Crippen molar-refractivity contribution in [2.75, 3.05) is 6.54 Å². The SMILES string of the molecule is O=C(Oc1c2n(ncc1=O)[C@@H]([C@H](c1ccccc1)c1cccc(F)c1F)[C@H]1CCCN1C2=O)c1ccccc1. The molecule has 0 aliphatic carbocycles. The third-order valence-electron chi connectivity index (χ3n) is 7.43. The van der Waals surface area contributed by atoms with Crippen molar-refractivity contribution in [3.63, 3.8) is 0 Å². The molecule has 4 aromatic rings. The van der Waals surface area contributed by atoms with E-state index in [4.69, 9.17) is 4.74 Å². The molecule has 3 atom stereocenters. The number of ether oxygens (including phenoxy) is 1. The number of fused-ring (bicyclic) bond motifs is 2. The van der Waals surface area contributed by atoms with E-state index >= 15 is 4.39 Å². The first kappa shape index (κ1) is 24.7. The Hall–Kier alpha value is -4.66. The monoisotopic (exact) mass is 527 g/mol. The zero-order valence-corrected chi connectivity index (χ0v) is 20.7. The molecule has 0 N–H and O–H groups in total. The van der Waals surface area contributed by atoms with Crippen molar-refractivity contribution in [1.29, 1.82) is 0 Å². The Balaban J connectivity index is 1.57. The molecule has 0 saturated carbocycles. The maximum absolute atomic E-state index is 15.4. The summed E-state index contributed by atoms with van der Waals surface area (Å²) in [5.74, 6) is -4.50. The fourth-order valence-electron chi connectivity index (χ4n) is 5.74. The summed E-state index contributed by atoms with van der Waals surface area (Å²) in [4.78, 5) is 41.3. The number of nitrogens with zero attached hydrogens (tertiary/aromatic N) is 3. The predicted molar refractivity (Wildman–Crippen MR) is 138 cm³/mol. The highest BCUT2D eigenvalue weighted by atomic mass is 19.2. The molecular formula is C30H23F2N3O4. The van der Waals surface area contributed by atoms with Crippen molar-refractivity contribution < 1.29 is 23.1 Å². The summed E-state index contributed by atoms with van der Waals surface area (Å²) in [6.07, 6.45) is 2.27. The Labute approximate surface area is 222 Å². The number of carbonyl (C=O) groups is 2. The molecule has 2 aliphatic heterocycles. The van der Waals surface area contributed by atoms with Crippen LogP contribution in [0.15, 0.2) is 89.9 Å². The van der Waals surface area contributed by atoms with Crippen LogP contribution < -0.4 is 10.2 Å². The highest BCUT2D eigenvalue weighted by molar-refractivity contribution is 5.98. The number of esters is 1. The molecule has 0 spiro atoms. The number of halogens is 2. The van der Waals surface area contributed by atoms with Crippen LogP contribution in [0.3, 0.4) is 0 Å². The second-order valence-electron chi connectivity index (χ2n) is 9.62. The molecule has 6 rings (SSSR count). The summed E-state index contributed by atoms with van der Waals surface area (Å²) in [6, 6.07) is 20.0. The standard InChI is InChI=1S/C30H23F2N3O4/c31-21-14-7-13-20(25(21)32)24(18-9-3-1-4-10-18)26-22-15-8-16-34(22)29(37)27-28(23(36)17-33-35(26)27)39-30(38)19-11-5-2-6-12-19/h1-7,9-14,17,22,24,26H,8,15-16H2/t22-,24-,26-/m1/s1. The Morgan fingerprint density at radius 3 is 2.41 bits per heavy atom. The lowest BCUT2D eigenvalue weighted by Crippen LogP contribution is -2.51. The van der Waals surface area contributed by atoms with Crippen molar-refractivity contribution >= 4 is 11.9 Å². The zero-order chi connectivity index (χ0) is 27.1. The van der Waals surface area contributed by atoms with E-state index < -0.39 is 52.7 Å². The first-order valence-electron chi connectivity index (χ1n) is 12.6. The topological polar surface area (TPSA) is 81.5 Å². The average Bonchev–Trinajstić information content (AvgIpc) is 3.45. The quantitative estimate of drug-likeness (QED) is 0.351. The first-order chi connectivity index (χ1) is 19.0. The average molecular weight is 528 g/mol. The van der Waals surface area contributed by atoms with Crippen molar-refractivity contribution in [1.82, 2.24) is 14.7 Å². The number of rotatable bonds is 5. The molecule has 0 bridgehead atoms. The van der Waals surface area contributed by atoms with E-state index in [0.29, 0.717) is 24.9 Å². The lowest BCUT2D eigenvalue weighted by Gasteiger charge is -2.42. The van der Waals surface area contributed by atoms with Gasteiger partial charge in [0.2, 0.25) is 11.2 Å². The van der Waals surface area contributed by atoms with E-state index in [1.165, 1.54) is 28.9 Å². The van der Waals surface area contributed by atoms with Gasteiger partial charge >= 0.3 is 5.97 Å². The minimum atomic E-state index is -0.994. The van der Waals surface area contributed by atoms with Gasteiger partial charge in [0.15, 0.2) is 17.3 Å². The van der Waals surface area contributed by atoms with Crippen molar-refractivity contribution in [2.45, 2.75) is 30.8 Å². The van der Waals surface area contributed by atoms with Gasteiger partial charge in [-0.3, -0.25) is 9.59 Å². The first-order valence-corrected chi connectivity index (χ1v) is 12.6. The number of aromatic nitrogens is 2. The summed E-state index contributed by atoms with van der Waals surface area (Å²) >= 11 is 0. The van der Waals surface area contributed by atoms with Gasteiger partial charge < -0.3 is 9.64 Å². The lowest BCUT2D eigenvalue weighted by molar-refractivity contribution is 0.0554. The van der Waals surface area contributed by atoms with E-state index in [0.717, 1.165) is 12.3 Å². The number of hydrogen-bond donors (Lipinski definition) is 0. The summed E-state index contributed by atoms with van der Waals surface area (Å²) in [6.45, 7) is 0.405. The van der Waals surface area contributed by atoms with Gasteiger partial charge in [-0.05, 0) is 36.6 Å². The van der Waals surface area contributed by atoms with Gasteiger partial charge in [-0.2, -0.15) is 5.10 Å². The number of hydrogen-bond acceptors (Lipinski definition) is 5. The number of amides is 1. The van der Waals surface area contributed by atoms with Gasteiger partial charge in [-0.1, -0.05) is 60.7 Å². The van der Waals surface area contributed by atoms with Gasteiger partial charge in [0, 0.05) is 18.0 Å². The molecule has 2 aliphatic rings. The smallest absolute Gasteiger partial charge is 0.343 e. The van der Waals surface area contributed by atoms with Gasteiger partial charge in [0.25, 0.3) is 5.91 Å². The molecule has 0 radical (unpaired) electrons.